The first-order chi connectivity index (χ1) is 17.7. The number of rotatable bonds is 8. The van der Waals surface area contributed by atoms with Crippen molar-refractivity contribution in [3.63, 3.8) is 0 Å². The minimum absolute atomic E-state index is 0.0856. The second kappa shape index (κ2) is 12.1. The maximum atomic E-state index is 13.3. The molecule has 1 aromatic carbocycles. The lowest BCUT2D eigenvalue weighted by molar-refractivity contribution is -0.133. The first-order valence-corrected chi connectivity index (χ1v) is 13.5. The topological polar surface area (TPSA) is 124 Å². The van der Waals surface area contributed by atoms with E-state index in [0.717, 1.165) is 42.6 Å². The molecular weight excluding hydrogens is 497 g/mol. The van der Waals surface area contributed by atoms with Crippen molar-refractivity contribution in [1.82, 2.24) is 20.5 Å². The van der Waals surface area contributed by atoms with Crippen molar-refractivity contribution in [2.24, 2.45) is 5.92 Å². The molecular formula is C26H34FN5O4S. The van der Waals surface area contributed by atoms with Gasteiger partial charge in [0.15, 0.2) is 10.9 Å². The quantitative estimate of drug-likeness (QED) is 0.389. The van der Waals surface area contributed by atoms with E-state index in [-0.39, 0.29) is 48.1 Å². The predicted molar refractivity (Wildman–Crippen MR) is 139 cm³/mol. The molecule has 2 heterocycles. The molecule has 200 valence electrons. The SMILES string of the molecule is CC(=O)c1sc(NC(=O)NC2CCCCC2CN2CC(Cc3ccc(F)cc3)NC(=O)C2CO)nc1C. The van der Waals surface area contributed by atoms with Gasteiger partial charge >= 0.3 is 6.03 Å². The molecule has 37 heavy (non-hydrogen) atoms. The maximum absolute atomic E-state index is 13.3. The lowest BCUT2D eigenvalue weighted by atomic mass is 9.83. The summed E-state index contributed by atoms with van der Waals surface area (Å²) in [7, 11) is 0. The van der Waals surface area contributed by atoms with Crippen molar-refractivity contribution in [1.29, 1.82) is 0 Å². The third-order valence-corrected chi connectivity index (χ3v) is 8.32. The number of aromatic nitrogens is 1. The molecule has 9 nitrogen and oxygen atoms in total. The molecule has 2 aliphatic rings. The number of anilines is 1. The van der Waals surface area contributed by atoms with Crippen molar-refractivity contribution >= 4 is 34.2 Å². The number of piperazine rings is 1. The number of aliphatic hydroxyl groups excluding tert-OH is 1. The molecule has 4 atom stereocenters. The number of nitrogens with zero attached hydrogens (tertiary/aromatic N) is 2. The van der Waals surface area contributed by atoms with Crippen LogP contribution in [-0.4, -0.2) is 70.5 Å². The highest BCUT2D eigenvalue weighted by atomic mass is 32.1. The van der Waals surface area contributed by atoms with Gasteiger partial charge in [0.25, 0.3) is 0 Å². The number of carbonyl (C=O) groups excluding carboxylic acids is 3. The fourth-order valence-electron chi connectivity index (χ4n) is 5.34. The number of urea groups is 1. The van der Waals surface area contributed by atoms with Crippen LogP contribution in [0.15, 0.2) is 24.3 Å². The molecule has 4 unspecified atom stereocenters. The number of halogens is 1. The molecule has 1 aliphatic heterocycles. The summed E-state index contributed by atoms with van der Waals surface area (Å²) in [6.07, 6.45) is 4.29. The molecule has 0 spiro atoms. The number of nitrogens with one attached hydrogen (secondary N) is 3. The highest BCUT2D eigenvalue weighted by molar-refractivity contribution is 7.17. The van der Waals surface area contributed by atoms with Crippen molar-refractivity contribution in [2.75, 3.05) is 25.0 Å². The standard InChI is InChI=1S/C26H34FN5O4S/c1-15-23(16(2)34)37-26(28-15)31-25(36)30-21-6-4-3-5-18(21)12-32-13-20(29-24(35)22(32)14-33)11-17-7-9-19(27)10-8-17/h7-10,18,20-22,33H,3-6,11-14H2,1-2H3,(H,29,35)(H2,28,30,31,36). The van der Waals surface area contributed by atoms with E-state index >= 15 is 0 Å². The van der Waals surface area contributed by atoms with Crippen LogP contribution in [0.2, 0.25) is 0 Å². The van der Waals surface area contributed by atoms with Crippen LogP contribution in [0.4, 0.5) is 14.3 Å². The van der Waals surface area contributed by atoms with Crippen LogP contribution in [0.25, 0.3) is 0 Å². The number of ketones is 1. The highest BCUT2D eigenvalue weighted by Gasteiger charge is 2.37. The summed E-state index contributed by atoms with van der Waals surface area (Å²) >= 11 is 1.16. The van der Waals surface area contributed by atoms with Gasteiger partial charge in [-0.25, -0.2) is 14.2 Å². The van der Waals surface area contributed by atoms with Gasteiger partial charge in [0, 0.05) is 32.1 Å². The summed E-state index contributed by atoms with van der Waals surface area (Å²) in [5.41, 5.74) is 1.52. The number of Topliss-reactive ketones (excluding diaryl/α,β-unsaturated/α-hetero) is 1. The molecule has 1 saturated heterocycles. The van der Waals surface area contributed by atoms with Crippen LogP contribution >= 0.6 is 11.3 Å². The van der Waals surface area contributed by atoms with Gasteiger partial charge < -0.3 is 15.7 Å². The second-order valence-electron chi connectivity index (χ2n) is 9.93. The van der Waals surface area contributed by atoms with Crippen LogP contribution in [0, 0.1) is 18.7 Å². The molecule has 2 fully saturated rings. The zero-order chi connectivity index (χ0) is 26.5. The van der Waals surface area contributed by atoms with E-state index in [2.05, 4.69) is 20.9 Å². The monoisotopic (exact) mass is 531 g/mol. The fourth-order valence-corrected chi connectivity index (χ4v) is 6.19. The molecule has 2 aromatic rings. The smallest absolute Gasteiger partial charge is 0.321 e. The Bertz CT molecular complexity index is 1120. The summed E-state index contributed by atoms with van der Waals surface area (Å²) in [6.45, 7) is 4.04. The summed E-state index contributed by atoms with van der Waals surface area (Å²) in [4.78, 5) is 44.1. The molecule has 1 saturated carbocycles. The Hall–Kier alpha value is -2.89. The first-order valence-electron chi connectivity index (χ1n) is 12.7. The highest BCUT2D eigenvalue weighted by Crippen LogP contribution is 2.28. The van der Waals surface area contributed by atoms with Crippen LogP contribution in [0.1, 0.15) is 53.5 Å². The Morgan fingerprint density at radius 3 is 2.65 bits per heavy atom. The molecule has 4 N–H and O–H groups in total. The van der Waals surface area contributed by atoms with Gasteiger partial charge in [-0.3, -0.25) is 19.8 Å². The van der Waals surface area contributed by atoms with Crippen LogP contribution < -0.4 is 16.0 Å². The lowest BCUT2D eigenvalue weighted by Crippen LogP contribution is -2.63. The van der Waals surface area contributed by atoms with Crippen LogP contribution in [-0.2, 0) is 11.2 Å². The van der Waals surface area contributed by atoms with Crippen LogP contribution in [0.5, 0.6) is 0 Å². The second-order valence-corrected chi connectivity index (χ2v) is 10.9. The first kappa shape index (κ1) is 27.2. The summed E-state index contributed by atoms with van der Waals surface area (Å²) in [6, 6.07) is 4.97. The summed E-state index contributed by atoms with van der Waals surface area (Å²) in [5, 5.41) is 19.1. The Balaban J connectivity index is 1.40. The third-order valence-electron chi connectivity index (χ3n) is 7.14. The van der Waals surface area contributed by atoms with Gasteiger partial charge in [-0.2, -0.15) is 0 Å². The Morgan fingerprint density at radius 2 is 1.97 bits per heavy atom. The number of aryl methyl sites for hydroxylation is 1. The van der Waals surface area contributed by atoms with Gasteiger partial charge in [0.05, 0.1) is 17.2 Å². The molecule has 4 rings (SSSR count). The Kier molecular flexibility index (Phi) is 8.88. The zero-order valence-corrected chi connectivity index (χ0v) is 21.9. The van der Waals surface area contributed by atoms with E-state index in [9.17, 15) is 23.9 Å². The number of amides is 3. The zero-order valence-electron chi connectivity index (χ0n) is 21.1. The Morgan fingerprint density at radius 1 is 1.24 bits per heavy atom. The molecule has 0 radical (unpaired) electrons. The normalized spacial score (nSPS) is 24.4. The van der Waals surface area contributed by atoms with Gasteiger partial charge in [0.2, 0.25) is 5.91 Å². The molecule has 1 aromatic heterocycles. The third kappa shape index (κ3) is 6.91. The number of thiazole rings is 1. The van der Waals surface area contributed by atoms with Crippen molar-refractivity contribution < 1.29 is 23.9 Å². The van der Waals surface area contributed by atoms with Crippen LogP contribution in [0.3, 0.4) is 0 Å². The van der Waals surface area contributed by atoms with E-state index in [4.69, 9.17) is 0 Å². The number of hydrogen-bond acceptors (Lipinski definition) is 7. The van der Waals surface area contributed by atoms with Gasteiger partial charge in [0.1, 0.15) is 11.9 Å². The van der Waals surface area contributed by atoms with E-state index in [1.54, 1.807) is 19.1 Å². The molecule has 11 heteroatoms. The molecule has 3 amide bonds. The van der Waals surface area contributed by atoms with Gasteiger partial charge in [-0.1, -0.05) is 36.3 Å². The molecule has 1 aliphatic carbocycles. The fraction of sp³-hybridized carbons (Fsp3) is 0.538. The van der Waals surface area contributed by atoms with Crippen molar-refractivity contribution in [3.05, 3.63) is 46.2 Å². The van der Waals surface area contributed by atoms with E-state index in [1.165, 1.54) is 19.1 Å². The maximum Gasteiger partial charge on any atom is 0.321 e. The van der Waals surface area contributed by atoms with E-state index in [1.807, 2.05) is 4.90 Å². The van der Waals surface area contributed by atoms with Gasteiger partial charge in [-0.15, -0.1) is 0 Å². The Labute approximate surface area is 219 Å². The summed E-state index contributed by atoms with van der Waals surface area (Å²) < 4.78 is 13.3. The van der Waals surface area contributed by atoms with Crippen molar-refractivity contribution in [3.8, 4) is 0 Å². The molecule has 0 bridgehead atoms. The summed E-state index contributed by atoms with van der Waals surface area (Å²) in [5.74, 6) is -0.504. The van der Waals surface area contributed by atoms with E-state index < -0.39 is 6.04 Å². The number of benzene rings is 1. The predicted octanol–water partition coefficient (Wildman–Crippen LogP) is 2.88. The average molecular weight is 532 g/mol. The lowest BCUT2D eigenvalue weighted by Gasteiger charge is -2.42. The number of hydrogen-bond donors (Lipinski definition) is 4. The average Bonchev–Trinajstić information content (AvgIpc) is 3.21. The van der Waals surface area contributed by atoms with Crippen molar-refractivity contribution in [2.45, 2.75) is 64.1 Å². The largest absolute Gasteiger partial charge is 0.394 e. The van der Waals surface area contributed by atoms with E-state index in [0.29, 0.717) is 35.2 Å². The number of carbonyl (C=O) groups is 3. The minimum atomic E-state index is -0.649. The van der Waals surface area contributed by atoms with Gasteiger partial charge in [-0.05, 0) is 49.8 Å². The minimum Gasteiger partial charge on any atom is -0.394 e. The number of aliphatic hydroxyl groups is 1.